The van der Waals surface area contributed by atoms with Gasteiger partial charge in [-0.3, -0.25) is 0 Å². The molecule has 0 heterocycles. The summed E-state index contributed by atoms with van der Waals surface area (Å²) in [5.41, 5.74) is 6.82. The molecule has 0 bridgehead atoms. The Hall–Kier alpha value is -7.42. The van der Waals surface area contributed by atoms with Gasteiger partial charge < -0.3 is 9.80 Å². The van der Waals surface area contributed by atoms with E-state index in [1.807, 2.05) is 0 Å². The van der Waals surface area contributed by atoms with E-state index >= 15 is 0 Å². The third-order valence-electron chi connectivity index (χ3n) is 11.3. The van der Waals surface area contributed by atoms with Gasteiger partial charge in [0.15, 0.2) is 0 Å². The predicted octanol–water partition coefficient (Wildman–Crippen LogP) is 15.5. The minimum atomic E-state index is 1.11. The molecule has 0 spiro atoms. The fourth-order valence-corrected chi connectivity index (χ4v) is 8.93. The molecule has 0 saturated heterocycles. The molecule has 0 saturated carbocycles. The average molecular weight is 713 g/mol. The van der Waals surface area contributed by atoms with Gasteiger partial charge in [-0.05, 0) is 68.7 Å². The van der Waals surface area contributed by atoms with Crippen molar-refractivity contribution in [2.45, 2.75) is 0 Å². The van der Waals surface area contributed by atoms with Crippen LogP contribution in [0.4, 0.5) is 34.1 Å². The fraction of sp³-hybridized carbons (Fsp3) is 0. The molecule has 2 heteroatoms. The average Bonchev–Trinajstić information content (AvgIpc) is 3.28. The summed E-state index contributed by atoms with van der Waals surface area (Å²) in [4.78, 5) is 5.00. The Kier molecular flexibility index (Phi) is 7.53. The standard InChI is InChI=1S/C54H36N2/c1-3-21-39(22-4-1)55(51-35-37-19-7-9-25-41(37)43-27-11-13-29-45(43)51)53-47-31-15-17-33-49(47)54(50-34-18-16-32-48(50)53)56(40-23-5-2-6-24-40)52-36-38-20-8-10-26-42(38)44-28-12-14-30-46(44)52/h1-36H. The number of fused-ring (bicyclic) bond motifs is 8. The zero-order valence-electron chi connectivity index (χ0n) is 30.7. The summed E-state index contributed by atoms with van der Waals surface area (Å²) in [7, 11) is 0. The van der Waals surface area contributed by atoms with Crippen molar-refractivity contribution in [3.8, 4) is 0 Å². The van der Waals surface area contributed by atoms with E-state index in [1.54, 1.807) is 0 Å². The quantitative estimate of drug-likeness (QED) is 0.0962. The Morgan fingerprint density at radius 1 is 0.214 bits per heavy atom. The molecule has 11 rings (SSSR count). The number of para-hydroxylation sites is 2. The van der Waals surface area contributed by atoms with Crippen LogP contribution in [-0.4, -0.2) is 0 Å². The SMILES string of the molecule is c1ccc(N(c2c3ccccc3c(N(c3ccccc3)c3cc4ccccc4c4ccccc34)c3ccccc23)c2cc3ccccc3c3ccccc23)cc1. The zero-order chi connectivity index (χ0) is 37.0. The van der Waals surface area contributed by atoms with Crippen LogP contribution in [0.15, 0.2) is 218 Å². The molecule has 0 aliphatic carbocycles. The summed E-state index contributed by atoms with van der Waals surface area (Å²) in [6.07, 6.45) is 0. The highest BCUT2D eigenvalue weighted by Gasteiger charge is 2.27. The molecular weight excluding hydrogens is 677 g/mol. The highest BCUT2D eigenvalue weighted by Crippen LogP contribution is 2.53. The molecule has 11 aromatic rings. The van der Waals surface area contributed by atoms with Gasteiger partial charge in [-0.2, -0.15) is 0 Å². The lowest BCUT2D eigenvalue weighted by Gasteiger charge is -2.34. The molecule has 11 aromatic carbocycles. The van der Waals surface area contributed by atoms with Crippen molar-refractivity contribution in [2.24, 2.45) is 0 Å². The molecule has 0 aliphatic heterocycles. The normalized spacial score (nSPS) is 11.6. The summed E-state index contributed by atoms with van der Waals surface area (Å²) in [6.45, 7) is 0. The maximum atomic E-state index is 2.50. The Bertz CT molecular complexity index is 2980. The number of nitrogens with zero attached hydrogens (tertiary/aromatic N) is 2. The van der Waals surface area contributed by atoms with E-state index < -0.39 is 0 Å². The Balaban J connectivity index is 1.29. The minimum Gasteiger partial charge on any atom is -0.309 e. The largest absolute Gasteiger partial charge is 0.309 e. The zero-order valence-corrected chi connectivity index (χ0v) is 30.7. The van der Waals surface area contributed by atoms with Gasteiger partial charge in [-0.15, -0.1) is 0 Å². The highest BCUT2D eigenvalue weighted by molar-refractivity contribution is 6.26. The van der Waals surface area contributed by atoms with Crippen LogP contribution in [0, 0.1) is 0 Å². The van der Waals surface area contributed by atoms with Gasteiger partial charge in [-0.1, -0.05) is 182 Å². The van der Waals surface area contributed by atoms with Crippen molar-refractivity contribution in [3.05, 3.63) is 218 Å². The van der Waals surface area contributed by atoms with Crippen LogP contribution in [0.5, 0.6) is 0 Å². The molecule has 0 unspecified atom stereocenters. The Morgan fingerprint density at radius 2 is 0.482 bits per heavy atom. The maximum absolute atomic E-state index is 2.50. The molecule has 0 atom stereocenters. The lowest BCUT2D eigenvalue weighted by Crippen LogP contribution is -2.15. The molecule has 0 aliphatic rings. The number of hydrogen-bond acceptors (Lipinski definition) is 2. The number of anilines is 6. The second-order valence-electron chi connectivity index (χ2n) is 14.5. The van der Waals surface area contributed by atoms with E-state index in [9.17, 15) is 0 Å². The van der Waals surface area contributed by atoms with E-state index in [-0.39, 0.29) is 0 Å². The van der Waals surface area contributed by atoms with Gasteiger partial charge in [0, 0.05) is 43.7 Å². The predicted molar refractivity (Wildman–Crippen MR) is 241 cm³/mol. The first-order valence-corrected chi connectivity index (χ1v) is 19.3. The molecule has 262 valence electrons. The number of rotatable bonds is 6. The van der Waals surface area contributed by atoms with Crippen LogP contribution >= 0.6 is 0 Å². The number of benzene rings is 11. The molecule has 0 amide bonds. The van der Waals surface area contributed by atoms with Crippen LogP contribution in [0.3, 0.4) is 0 Å². The van der Waals surface area contributed by atoms with Gasteiger partial charge in [0.1, 0.15) is 0 Å². The third-order valence-corrected chi connectivity index (χ3v) is 11.3. The third kappa shape index (κ3) is 5.04. The molecule has 56 heavy (non-hydrogen) atoms. The van der Waals surface area contributed by atoms with Crippen LogP contribution in [0.1, 0.15) is 0 Å². The first kappa shape index (κ1) is 32.0. The molecule has 0 radical (unpaired) electrons. The lowest BCUT2D eigenvalue weighted by atomic mass is 9.93. The van der Waals surface area contributed by atoms with Crippen molar-refractivity contribution in [1.82, 2.24) is 0 Å². The van der Waals surface area contributed by atoms with Crippen LogP contribution in [0.2, 0.25) is 0 Å². The summed E-state index contributed by atoms with van der Waals surface area (Å²) < 4.78 is 0. The van der Waals surface area contributed by atoms with E-state index in [4.69, 9.17) is 0 Å². The summed E-state index contributed by atoms with van der Waals surface area (Å²) >= 11 is 0. The van der Waals surface area contributed by atoms with Gasteiger partial charge in [0.05, 0.1) is 22.7 Å². The van der Waals surface area contributed by atoms with Crippen LogP contribution in [-0.2, 0) is 0 Å². The highest BCUT2D eigenvalue weighted by atomic mass is 15.2. The second kappa shape index (κ2) is 13.2. The van der Waals surface area contributed by atoms with E-state index in [1.165, 1.54) is 64.6 Å². The summed E-state index contributed by atoms with van der Waals surface area (Å²) in [6, 6.07) is 79.6. The van der Waals surface area contributed by atoms with Crippen molar-refractivity contribution >= 4 is 98.8 Å². The Morgan fingerprint density at radius 3 is 0.839 bits per heavy atom. The molecule has 0 N–H and O–H groups in total. The smallest absolute Gasteiger partial charge is 0.0620 e. The van der Waals surface area contributed by atoms with Gasteiger partial charge >= 0.3 is 0 Å². The van der Waals surface area contributed by atoms with Gasteiger partial charge in [-0.25, -0.2) is 0 Å². The monoisotopic (exact) mass is 712 g/mol. The Labute approximate surface area is 325 Å². The van der Waals surface area contributed by atoms with Crippen molar-refractivity contribution < 1.29 is 0 Å². The molecular formula is C54H36N2. The van der Waals surface area contributed by atoms with Crippen molar-refractivity contribution in [2.75, 3.05) is 9.80 Å². The fourth-order valence-electron chi connectivity index (χ4n) is 8.93. The topological polar surface area (TPSA) is 6.48 Å². The van der Waals surface area contributed by atoms with Gasteiger partial charge in [0.2, 0.25) is 0 Å². The maximum Gasteiger partial charge on any atom is 0.0620 e. The lowest BCUT2D eigenvalue weighted by molar-refractivity contribution is 1.31. The second-order valence-corrected chi connectivity index (χ2v) is 14.5. The molecule has 0 fully saturated rings. The summed E-state index contributed by atoms with van der Waals surface area (Å²) in [5.74, 6) is 0. The first-order valence-electron chi connectivity index (χ1n) is 19.3. The first-order chi connectivity index (χ1) is 27.8. The van der Waals surface area contributed by atoms with Crippen LogP contribution in [0.25, 0.3) is 64.6 Å². The van der Waals surface area contributed by atoms with Crippen LogP contribution < -0.4 is 9.80 Å². The van der Waals surface area contributed by atoms with Crippen molar-refractivity contribution in [1.29, 1.82) is 0 Å². The minimum absolute atomic E-state index is 1.11. The van der Waals surface area contributed by atoms with Crippen molar-refractivity contribution in [3.63, 3.8) is 0 Å². The van der Waals surface area contributed by atoms with Gasteiger partial charge in [0.25, 0.3) is 0 Å². The van der Waals surface area contributed by atoms with E-state index in [0.717, 1.165) is 34.1 Å². The number of hydrogen-bond donors (Lipinski definition) is 0. The molecule has 0 aromatic heterocycles. The van der Waals surface area contributed by atoms with E-state index in [2.05, 4.69) is 228 Å². The van der Waals surface area contributed by atoms with E-state index in [0.29, 0.717) is 0 Å². The molecule has 2 nitrogen and oxygen atoms in total. The summed E-state index contributed by atoms with van der Waals surface area (Å²) in [5, 5.41) is 14.5.